The van der Waals surface area contributed by atoms with Crippen LogP contribution in [0.4, 0.5) is 0 Å². The number of rotatable bonds is 10. The first kappa shape index (κ1) is 24.2. The van der Waals surface area contributed by atoms with Crippen molar-refractivity contribution in [1.82, 2.24) is 0 Å². The van der Waals surface area contributed by atoms with Gasteiger partial charge < -0.3 is 9.47 Å². The quantitative estimate of drug-likeness (QED) is 0.138. The summed E-state index contributed by atoms with van der Waals surface area (Å²) in [6.45, 7) is 8.51. The van der Waals surface area contributed by atoms with Crippen molar-refractivity contribution in [2.45, 2.75) is 71.5 Å². The van der Waals surface area contributed by atoms with Gasteiger partial charge in [-0.3, -0.25) is 9.59 Å². The van der Waals surface area contributed by atoms with Crippen molar-refractivity contribution in [3.8, 4) is 11.5 Å². The smallest absolute Gasteiger partial charge is 0.324 e. The van der Waals surface area contributed by atoms with E-state index in [1.807, 2.05) is 6.08 Å². The minimum absolute atomic E-state index is 0.0886. The fourth-order valence-electron chi connectivity index (χ4n) is 2.39. The molecule has 0 saturated carbocycles. The summed E-state index contributed by atoms with van der Waals surface area (Å²) >= 11 is 0. The average molecular weight is 379 g/mol. The summed E-state index contributed by atoms with van der Waals surface area (Å²) in [5.74, 6) is 1.79. The molecule has 0 aromatic carbocycles. The lowest BCUT2D eigenvalue weighted by Crippen LogP contribution is -2.40. The van der Waals surface area contributed by atoms with E-state index >= 15 is 0 Å². The molecule has 0 atom stereocenters. The number of carbonyl (C=O) groups excluding carboxylic acids is 2. The Hall–Kier alpha value is -1.76. The summed E-state index contributed by atoms with van der Waals surface area (Å²) in [5.41, 5.74) is 4.84. The van der Waals surface area contributed by atoms with Crippen LogP contribution in [0, 0.1) is 16.9 Å². The fourth-order valence-corrected chi connectivity index (χ4v) is 3.01. The molecule has 0 spiro atoms. The average Bonchev–Trinajstić information content (AvgIpc) is 2.60. The standard InChI is InChI=1S/C21H34O4Si/c1-7-8-9-10-11-12-13-14-16-21(19(22)24-2,20(23)25-3)17-15-18-26(4,5)6/h12,14H,7-11,16-17H2,1-6H3. The van der Waals surface area contributed by atoms with Gasteiger partial charge in [0.1, 0.15) is 8.07 Å². The van der Waals surface area contributed by atoms with E-state index in [2.05, 4.69) is 43.8 Å². The van der Waals surface area contributed by atoms with Crippen LogP contribution in [0.15, 0.2) is 17.9 Å². The molecule has 0 fully saturated rings. The van der Waals surface area contributed by atoms with E-state index in [4.69, 9.17) is 9.47 Å². The zero-order chi connectivity index (χ0) is 20.1. The summed E-state index contributed by atoms with van der Waals surface area (Å²) < 4.78 is 9.78. The summed E-state index contributed by atoms with van der Waals surface area (Å²) in [4.78, 5) is 24.8. The normalized spacial score (nSPS) is 10.8. The highest BCUT2D eigenvalue weighted by Crippen LogP contribution is 2.30. The number of methoxy groups -OCH3 is 2. The Morgan fingerprint density at radius 2 is 1.62 bits per heavy atom. The molecule has 0 heterocycles. The third kappa shape index (κ3) is 9.08. The van der Waals surface area contributed by atoms with Crippen molar-refractivity contribution >= 4 is 20.0 Å². The van der Waals surface area contributed by atoms with Crippen molar-refractivity contribution < 1.29 is 19.1 Å². The molecule has 0 aliphatic carbocycles. The Morgan fingerprint density at radius 3 is 2.12 bits per heavy atom. The molecule has 0 unspecified atom stereocenters. The van der Waals surface area contributed by atoms with Crippen LogP contribution >= 0.6 is 0 Å². The minimum Gasteiger partial charge on any atom is -0.468 e. The highest BCUT2D eigenvalue weighted by atomic mass is 28.3. The molecule has 0 aromatic rings. The predicted molar refractivity (Wildman–Crippen MR) is 108 cm³/mol. The van der Waals surface area contributed by atoms with Crippen molar-refractivity contribution in [1.29, 1.82) is 0 Å². The van der Waals surface area contributed by atoms with Gasteiger partial charge in [0.25, 0.3) is 0 Å². The van der Waals surface area contributed by atoms with Gasteiger partial charge in [0.15, 0.2) is 5.41 Å². The number of allylic oxidation sites excluding steroid dienone is 1. The molecule has 0 N–H and O–H groups in total. The Balaban J connectivity index is 5.29. The molecule has 0 aliphatic rings. The first-order chi connectivity index (χ1) is 12.2. The SMILES string of the molecule is CCCCCCC=C=CCC(CC#C[Si](C)(C)C)(C(=O)OC)C(=O)OC. The molecule has 0 saturated heterocycles. The van der Waals surface area contributed by atoms with Crippen LogP contribution in [0.3, 0.4) is 0 Å². The topological polar surface area (TPSA) is 52.6 Å². The highest BCUT2D eigenvalue weighted by molar-refractivity contribution is 6.83. The fraction of sp³-hybridized carbons (Fsp3) is 0.667. The summed E-state index contributed by atoms with van der Waals surface area (Å²) in [5, 5.41) is 0. The second-order valence-electron chi connectivity index (χ2n) is 7.42. The van der Waals surface area contributed by atoms with Crippen LogP contribution in [0.2, 0.25) is 19.6 Å². The molecule has 0 aliphatic heterocycles. The van der Waals surface area contributed by atoms with Gasteiger partial charge in [-0.25, -0.2) is 0 Å². The van der Waals surface area contributed by atoms with E-state index in [0.717, 1.165) is 12.8 Å². The minimum atomic E-state index is -1.60. The monoisotopic (exact) mass is 378 g/mol. The van der Waals surface area contributed by atoms with E-state index in [0.29, 0.717) is 0 Å². The lowest BCUT2D eigenvalue weighted by molar-refractivity contribution is -0.168. The first-order valence-electron chi connectivity index (χ1n) is 9.29. The van der Waals surface area contributed by atoms with Crippen LogP contribution in [-0.4, -0.2) is 34.2 Å². The molecule has 5 heteroatoms. The molecule has 0 amide bonds. The molecular formula is C21H34O4Si. The van der Waals surface area contributed by atoms with Crippen LogP contribution < -0.4 is 0 Å². The summed E-state index contributed by atoms with van der Waals surface area (Å²) in [6, 6.07) is 0. The molecule has 0 aromatic heterocycles. The largest absolute Gasteiger partial charge is 0.468 e. The number of ether oxygens (including phenoxy) is 2. The summed E-state index contributed by atoms with van der Waals surface area (Å²) in [6.07, 6.45) is 9.62. The van der Waals surface area contributed by atoms with Gasteiger partial charge in [-0.1, -0.05) is 45.8 Å². The Kier molecular flexibility index (Phi) is 11.7. The predicted octanol–water partition coefficient (Wildman–Crippen LogP) is 4.66. The maximum absolute atomic E-state index is 12.4. The maximum atomic E-state index is 12.4. The Labute approximate surface area is 160 Å². The van der Waals surface area contributed by atoms with Gasteiger partial charge >= 0.3 is 11.9 Å². The molecule has 0 rings (SSSR count). The van der Waals surface area contributed by atoms with Gasteiger partial charge in [0.05, 0.1) is 14.2 Å². The third-order valence-electron chi connectivity index (χ3n) is 3.89. The van der Waals surface area contributed by atoms with Crippen molar-refractivity contribution in [3.05, 3.63) is 17.9 Å². The molecule has 0 bridgehead atoms. The second kappa shape index (κ2) is 12.6. The van der Waals surface area contributed by atoms with E-state index < -0.39 is 25.4 Å². The lowest BCUT2D eigenvalue weighted by Gasteiger charge is -2.24. The zero-order valence-electron chi connectivity index (χ0n) is 17.2. The number of hydrogen-bond acceptors (Lipinski definition) is 4. The maximum Gasteiger partial charge on any atom is 0.324 e. The van der Waals surface area contributed by atoms with E-state index in [9.17, 15) is 9.59 Å². The van der Waals surface area contributed by atoms with Gasteiger partial charge in [-0.2, -0.15) is 0 Å². The molecule has 146 valence electrons. The van der Waals surface area contributed by atoms with Gasteiger partial charge in [-0.15, -0.1) is 17.2 Å². The van der Waals surface area contributed by atoms with Crippen molar-refractivity contribution in [2.75, 3.05) is 14.2 Å². The molecule has 4 nitrogen and oxygen atoms in total. The Bertz CT molecular complexity index is 553. The van der Waals surface area contributed by atoms with E-state index in [1.54, 1.807) is 6.08 Å². The molecule has 26 heavy (non-hydrogen) atoms. The second-order valence-corrected chi connectivity index (χ2v) is 12.2. The highest BCUT2D eigenvalue weighted by Gasteiger charge is 2.47. The zero-order valence-corrected chi connectivity index (χ0v) is 18.2. The Morgan fingerprint density at radius 1 is 1.00 bits per heavy atom. The molecule has 0 radical (unpaired) electrons. The van der Waals surface area contributed by atoms with E-state index in [-0.39, 0.29) is 12.8 Å². The molecular weight excluding hydrogens is 344 g/mol. The summed E-state index contributed by atoms with van der Waals surface area (Å²) in [7, 11) is 0.950. The van der Waals surface area contributed by atoms with Gasteiger partial charge in [0.2, 0.25) is 0 Å². The van der Waals surface area contributed by atoms with Crippen molar-refractivity contribution in [3.63, 3.8) is 0 Å². The lowest BCUT2D eigenvalue weighted by atomic mass is 9.81. The van der Waals surface area contributed by atoms with Gasteiger partial charge in [-0.05, 0) is 25.0 Å². The number of unbranched alkanes of at least 4 members (excludes halogenated alkanes) is 4. The van der Waals surface area contributed by atoms with Crippen molar-refractivity contribution in [2.24, 2.45) is 5.41 Å². The first-order valence-corrected chi connectivity index (χ1v) is 12.8. The third-order valence-corrected chi connectivity index (χ3v) is 4.82. The number of hydrogen-bond donors (Lipinski definition) is 0. The number of carbonyl (C=O) groups is 2. The number of esters is 2. The van der Waals surface area contributed by atoms with Gasteiger partial charge in [0, 0.05) is 12.8 Å². The van der Waals surface area contributed by atoms with Crippen LogP contribution in [-0.2, 0) is 19.1 Å². The van der Waals surface area contributed by atoms with Crippen LogP contribution in [0.25, 0.3) is 0 Å². The van der Waals surface area contributed by atoms with E-state index in [1.165, 1.54) is 33.5 Å². The van der Waals surface area contributed by atoms with Crippen LogP contribution in [0.1, 0.15) is 51.9 Å². The van der Waals surface area contributed by atoms with Crippen LogP contribution in [0.5, 0.6) is 0 Å².